The molecule has 1 aliphatic heterocycles. The molecule has 2 heterocycles. The number of thiophene rings is 1. The van der Waals surface area contributed by atoms with E-state index in [2.05, 4.69) is 47.5 Å². The molecule has 1 aliphatic rings. The van der Waals surface area contributed by atoms with Gasteiger partial charge >= 0.3 is 0 Å². The molecule has 0 aliphatic carbocycles. The third kappa shape index (κ3) is 3.40. The zero-order valence-electron chi connectivity index (χ0n) is 12.3. The Morgan fingerprint density at radius 2 is 2.00 bits per heavy atom. The summed E-state index contributed by atoms with van der Waals surface area (Å²) in [4.78, 5) is 4.04. The van der Waals surface area contributed by atoms with Gasteiger partial charge in [-0.25, -0.2) is 0 Å². The number of nitrogens with zero attached hydrogens (tertiary/aromatic N) is 1. The van der Waals surface area contributed by atoms with Crippen LogP contribution in [0.2, 0.25) is 0 Å². The van der Waals surface area contributed by atoms with Gasteiger partial charge in [-0.15, -0.1) is 11.3 Å². The van der Waals surface area contributed by atoms with Gasteiger partial charge in [0.15, 0.2) is 0 Å². The number of rotatable bonds is 5. The van der Waals surface area contributed by atoms with E-state index in [1.807, 2.05) is 11.3 Å². The highest BCUT2D eigenvalue weighted by Gasteiger charge is 2.12. The average Bonchev–Trinajstić information content (AvgIpc) is 2.92. The molecule has 0 amide bonds. The molecule has 1 unspecified atom stereocenters. The van der Waals surface area contributed by atoms with Gasteiger partial charge in [-0.1, -0.05) is 24.6 Å². The Labute approximate surface area is 125 Å². The summed E-state index contributed by atoms with van der Waals surface area (Å²) in [5, 5.41) is 5.05. The molecule has 0 bridgehead atoms. The molecule has 3 rings (SSSR count). The second-order valence-corrected chi connectivity index (χ2v) is 6.88. The Morgan fingerprint density at radius 3 is 2.80 bits per heavy atom. The molecule has 1 N–H and O–H groups in total. The van der Waals surface area contributed by atoms with Gasteiger partial charge in [0.2, 0.25) is 0 Å². The molecular formula is C17H24N2S. The molecule has 1 atom stereocenters. The Hall–Kier alpha value is -0.900. The molecule has 1 aromatic carbocycles. The second-order valence-electron chi connectivity index (χ2n) is 5.76. The number of likely N-dealkylation sites (tertiary alicyclic amines) is 1. The molecule has 1 saturated heterocycles. The van der Waals surface area contributed by atoms with E-state index < -0.39 is 0 Å². The van der Waals surface area contributed by atoms with Crippen molar-refractivity contribution in [2.75, 3.05) is 26.2 Å². The summed E-state index contributed by atoms with van der Waals surface area (Å²) >= 11 is 1.92. The summed E-state index contributed by atoms with van der Waals surface area (Å²) in [6, 6.07) is 11.4. The highest BCUT2D eigenvalue weighted by molar-refractivity contribution is 7.19. The van der Waals surface area contributed by atoms with Gasteiger partial charge in [0, 0.05) is 28.7 Å². The van der Waals surface area contributed by atoms with Crippen LogP contribution in [0.1, 0.15) is 37.1 Å². The van der Waals surface area contributed by atoms with E-state index >= 15 is 0 Å². The third-order valence-electron chi connectivity index (χ3n) is 4.20. The van der Waals surface area contributed by atoms with Crippen molar-refractivity contribution in [2.45, 2.75) is 32.2 Å². The topological polar surface area (TPSA) is 15.3 Å². The molecule has 108 valence electrons. The molecule has 0 saturated carbocycles. The van der Waals surface area contributed by atoms with E-state index in [0.717, 1.165) is 6.54 Å². The van der Waals surface area contributed by atoms with Crippen molar-refractivity contribution in [1.29, 1.82) is 0 Å². The first-order chi connectivity index (χ1) is 9.83. The molecule has 2 nitrogen and oxygen atoms in total. The quantitative estimate of drug-likeness (QED) is 0.893. The number of benzene rings is 1. The minimum Gasteiger partial charge on any atom is -0.308 e. The zero-order valence-corrected chi connectivity index (χ0v) is 13.1. The van der Waals surface area contributed by atoms with Crippen molar-refractivity contribution in [2.24, 2.45) is 0 Å². The Kier molecular flexibility index (Phi) is 4.71. The summed E-state index contributed by atoms with van der Waals surface area (Å²) in [5.41, 5.74) is 0. The first-order valence-corrected chi connectivity index (χ1v) is 8.59. The van der Waals surface area contributed by atoms with Crippen LogP contribution < -0.4 is 5.32 Å². The lowest BCUT2D eigenvalue weighted by atomic mass is 10.1. The Balaban J connectivity index is 1.52. The lowest BCUT2D eigenvalue weighted by Gasteiger charge is -2.27. The fourth-order valence-electron chi connectivity index (χ4n) is 2.94. The lowest BCUT2D eigenvalue weighted by Crippen LogP contribution is -2.36. The molecule has 1 fully saturated rings. The molecule has 2 aromatic rings. The van der Waals surface area contributed by atoms with Gasteiger partial charge in [0.05, 0.1) is 0 Å². The van der Waals surface area contributed by atoms with Crippen molar-refractivity contribution < 1.29 is 0 Å². The molecule has 3 heteroatoms. The number of piperidine rings is 1. The normalized spacial score (nSPS) is 18.4. The Bertz CT molecular complexity index is 510. The minimum atomic E-state index is 0.456. The lowest BCUT2D eigenvalue weighted by molar-refractivity contribution is 0.227. The summed E-state index contributed by atoms with van der Waals surface area (Å²) < 4.78 is 1.40. The van der Waals surface area contributed by atoms with Crippen LogP contribution in [0.3, 0.4) is 0 Å². The predicted molar refractivity (Wildman–Crippen MR) is 88.5 cm³/mol. The van der Waals surface area contributed by atoms with Crippen molar-refractivity contribution in [3.63, 3.8) is 0 Å². The number of hydrogen-bond donors (Lipinski definition) is 1. The number of hydrogen-bond acceptors (Lipinski definition) is 3. The Morgan fingerprint density at radius 1 is 1.20 bits per heavy atom. The van der Waals surface area contributed by atoms with Crippen molar-refractivity contribution in [3.8, 4) is 0 Å². The fraction of sp³-hybridized carbons (Fsp3) is 0.529. The van der Waals surface area contributed by atoms with Crippen LogP contribution in [0.25, 0.3) is 10.1 Å². The van der Waals surface area contributed by atoms with Crippen molar-refractivity contribution >= 4 is 21.4 Å². The van der Waals surface area contributed by atoms with Crippen LogP contribution in [0.5, 0.6) is 0 Å². The van der Waals surface area contributed by atoms with Gasteiger partial charge in [-0.3, -0.25) is 0 Å². The highest BCUT2D eigenvalue weighted by Crippen LogP contribution is 2.29. The smallest absolute Gasteiger partial charge is 0.0386 e. The van der Waals surface area contributed by atoms with Gasteiger partial charge < -0.3 is 10.2 Å². The fourth-order valence-corrected chi connectivity index (χ4v) is 4.03. The van der Waals surface area contributed by atoms with Gasteiger partial charge in [0.25, 0.3) is 0 Å². The maximum Gasteiger partial charge on any atom is 0.0386 e. The van der Waals surface area contributed by atoms with Gasteiger partial charge in [0.1, 0.15) is 0 Å². The van der Waals surface area contributed by atoms with Crippen LogP contribution in [0, 0.1) is 0 Å². The number of fused-ring (bicyclic) bond motifs is 1. The molecule has 1 aromatic heterocycles. The average molecular weight is 288 g/mol. The summed E-state index contributed by atoms with van der Waals surface area (Å²) in [7, 11) is 0. The van der Waals surface area contributed by atoms with Crippen LogP contribution in [-0.2, 0) is 0 Å². The second kappa shape index (κ2) is 6.70. The zero-order chi connectivity index (χ0) is 13.8. The van der Waals surface area contributed by atoms with Crippen LogP contribution in [0.4, 0.5) is 0 Å². The number of nitrogens with one attached hydrogen (secondary N) is 1. The molecule has 20 heavy (non-hydrogen) atoms. The maximum absolute atomic E-state index is 3.68. The predicted octanol–water partition coefficient (Wildman–Crippen LogP) is 4.04. The monoisotopic (exact) mass is 288 g/mol. The van der Waals surface area contributed by atoms with Gasteiger partial charge in [-0.05, 0) is 50.4 Å². The minimum absolute atomic E-state index is 0.456. The molecule has 0 spiro atoms. The molecule has 0 radical (unpaired) electrons. The largest absolute Gasteiger partial charge is 0.308 e. The van der Waals surface area contributed by atoms with E-state index in [-0.39, 0.29) is 0 Å². The third-order valence-corrected chi connectivity index (χ3v) is 5.50. The van der Waals surface area contributed by atoms with E-state index in [1.165, 1.54) is 53.9 Å². The maximum atomic E-state index is 3.68. The van der Waals surface area contributed by atoms with Crippen LogP contribution in [0.15, 0.2) is 30.3 Å². The van der Waals surface area contributed by atoms with E-state index in [4.69, 9.17) is 0 Å². The van der Waals surface area contributed by atoms with E-state index in [1.54, 1.807) is 0 Å². The highest BCUT2D eigenvalue weighted by atomic mass is 32.1. The van der Waals surface area contributed by atoms with Crippen molar-refractivity contribution in [3.05, 3.63) is 35.2 Å². The van der Waals surface area contributed by atoms with Crippen LogP contribution >= 0.6 is 11.3 Å². The van der Waals surface area contributed by atoms with E-state index in [0.29, 0.717) is 6.04 Å². The van der Waals surface area contributed by atoms with E-state index in [9.17, 15) is 0 Å². The first-order valence-electron chi connectivity index (χ1n) is 7.77. The summed E-state index contributed by atoms with van der Waals surface area (Å²) in [6.07, 6.45) is 4.18. The van der Waals surface area contributed by atoms with Crippen molar-refractivity contribution in [1.82, 2.24) is 10.2 Å². The van der Waals surface area contributed by atoms with Crippen LogP contribution in [-0.4, -0.2) is 31.1 Å². The molecular weight excluding hydrogens is 264 g/mol. The summed E-state index contributed by atoms with van der Waals surface area (Å²) in [5.74, 6) is 0. The SMILES string of the molecule is CC(NCCN1CCCCC1)c1cc2ccccc2s1. The van der Waals surface area contributed by atoms with Gasteiger partial charge in [-0.2, -0.15) is 0 Å². The summed E-state index contributed by atoms with van der Waals surface area (Å²) in [6.45, 7) is 7.14. The first kappa shape index (κ1) is 14.1. The standard InChI is InChI=1S/C17H24N2S/c1-14(18-9-12-19-10-5-2-6-11-19)17-13-15-7-3-4-8-16(15)20-17/h3-4,7-8,13-14,18H,2,5-6,9-12H2,1H3.